The fourth-order valence-electron chi connectivity index (χ4n) is 1.84. The van der Waals surface area contributed by atoms with E-state index in [1.54, 1.807) is 7.11 Å². The third-order valence-corrected chi connectivity index (χ3v) is 3.12. The number of ether oxygens (including phenoxy) is 1. The summed E-state index contributed by atoms with van der Waals surface area (Å²) in [4.78, 5) is 22.1. The van der Waals surface area contributed by atoms with Gasteiger partial charge in [0, 0.05) is 33.1 Å². The number of carbonyl (C=O) groups is 2. The van der Waals surface area contributed by atoms with E-state index in [2.05, 4.69) is 5.32 Å². The Bertz CT molecular complexity index is 289. The second-order valence-electron chi connectivity index (χ2n) is 5.92. The molecule has 0 aliphatic rings. The van der Waals surface area contributed by atoms with E-state index in [0.29, 0.717) is 26.0 Å². The number of hydrogen-bond donors (Lipinski definition) is 2. The maximum atomic E-state index is 11.6. The zero-order valence-electron chi connectivity index (χ0n) is 12.5. The molecule has 0 rings (SSSR count). The summed E-state index contributed by atoms with van der Waals surface area (Å²) in [6, 6.07) is 0. The SMILES string of the molecule is COCC(C)CC(=O)NCCC(C)(C)CCC(=O)O. The van der Waals surface area contributed by atoms with Crippen LogP contribution >= 0.6 is 0 Å². The summed E-state index contributed by atoms with van der Waals surface area (Å²) in [5.74, 6) is -0.533. The predicted molar refractivity (Wildman–Crippen MR) is 73.9 cm³/mol. The molecule has 1 unspecified atom stereocenters. The Kier molecular flexibility index (Phi) is 8.39. The highest BCUT2D eigenvalue weighted by atomic mass is 16.5. The lowest BCUT2D eigenvalue weighted by Gasteiger charge is -2.24. The highest BCUT2D eigenvalue weighted by molar-refractivity contribution is 5.76. The number of amides is 1. The van der Waals surface area contributed by atoms with Gasteiger partial charge in [0.05, 0.1) is 0 Å². The van der Waals surface area contributed by atoms with Crippen LogP contribution in [0.3, 0.4) is 0 Å². The van der Waals surface area contributed by atoms with E-state index in [0.717, 1.165) is 6.42 Å². The van der Waals surface area contributed by atoms with E-state index in [9.17, 15) is 9.59 Å². The van der Waals surface area contributed by atoms with Crippen molar-refractivity contribution in [2.75, 3.05) is 20.3 Å². The highest BCUT2D eigenvalue weighted by Gasteiger charge is 2.19. The summed E-state index contributed by atoms with van der Waals surface area (Å²) >= 11 is 0. The van der Waals surface area contributed by atoms with E-state index in [1.165, 1.54) is 0 Å². The molecule has 0 fully saturated rings. The van der Waals surface area contributed by atoms with Crippen LogP contribution in [0.4, 0.5) is 0 Å². The first-order chi connectivity index (χ1) is 8.76. The first-order valence-corrected chi connectivity index (χ1v) is 6.74. The van der Waals surface area contributed by atoms with Gasteiger partial charge >= 0.3 is 5.97 Å². The minimum Gasteiger partial charge on any atom is -0.481 e. The van der Waals surface area contributed by atoms with Gasteiger partial charge in [-0.05, 0) is 24.2 Å². The Morgan fingerprint density at radius 1 is 1.32 bits per heavy atom. The van der Waals surface area contributed by atoms with Crippen molar-refractivity contribution >= 4 is 11.9 Å². The second-order valence-corrected chi connectivity index (χ2v) is 5.92. The number of nitrogens with one attached hydrogen (secondary N) is 1. The van der Waals surface area contributed by atoms with Gasteiger partial charge in [0.25, 0.3) is 0 Å². The molecule has 0 spiro atoms. The average Bonchev–Trinajstić information content (AvgIpc) is 2.26. The van der Waals surface area contributed by atoms with Crippen molar-refractivity contribution in [3.8, 4) is 0 Å². The Morgan fingerprint density at radius 2 is 1.95 bits per heavy atom. The summed E-state index contributed by atoms with van der Waals surface area (Å²) in [7, 11) is 1.62. The van der Waals surface area contributed by atoms with E-state index in [1.807, 2.05) is 20.8 Å². The number of carboxylic acids is 1. The molecule has 0 radical (unpaired) electrons. The van der Waals surface area contributed by atoms with E-state index < -0.39 is 5.97 Å². The summed E-state index contributed by atoms with van der Waals surface area (Å²) in [6.07, 6.45) is 2.04. The van der Waals surface area contributed by atoms with Gasteiger partial charge in [0.2, 0.25) is 5.91 Å². The Morgan fingerprint density at radius 3 is 2.47 bits per heavy atom. The van der Waals surface area contributed by atoms with Crippen LogP contribution in [0.1, 0.15) is 46.5 Å². The minimum atomic E-state index is -0.773. The van der Waals surface area contributed by atoms with Crippen LogP contribution in [-0.2, 0) is 14.3 Å². The van der Waals surface area contributed by atoms with Gasteiger partial charge in [-0.3, -0.25) is 9.59 Å². The molecule has 0 saturated heterocycles. The topological polar surface area (TPSA) is 75.6 Å². The molecule has 0 aromatic carbocycles. The molecule has 1 atom stereocenters. The summed E-state index contributed by atoms with van der Waals surface area (Å²) in [5.41, 5.74) is -0.0657. The van der Waals surface area contributed by atoms with Crippen LogP contribution in [0.15, 0.2) is 0 Å². The van der Waals surface area contributed by atoms with Crippen LogP contribution in [0.25, 0.3) is 0 Å². The fourth-order valence-corrected chi connectivity index (χ4v) is 1.84. The molecule has 2 N–H and O–H groups in total. The zero-order chi connectivity index (χ0) is 14.9. The molecule has 0 heterocycles. The molecule has 1 amide bonds. The molecule has 0 bridgehead atoms. The van der Waals surface area contributed by atoms with Gasteiger partial charge in [-0.15, -0.1) is 0 Å². The summed E-state index contributed by atoms with van der Waals surface area (Å²) in [6.45, 7) is 7.19. The van der Waals surface area contributed by atoms with Gasteiger partial charge in [-0.1, -0.05) is 20.8 Å². The largest absolute Gasteiger partial charge is 0.481 e. The standard InChI is InChI=1S/C14H27NO4/c1-11(10-19-4)9-12(16)15-8-7-14(2,3)6-5-13(17)18/h11H,5-10H2,1-4H3,(H,15,16)(H,17,18). The zero-order valence-corrected chi connectivity index (χ0v) is 12.5. The van der Waals surface area contributed by atoms with Gasteiger partial charge in [0.1, 0.15) is 0 Å². The maximum absolute atomic E-state index is 11.6. The number of hydrogen-bond acceptors (Lipinski definition) is 3. The molecule has 0 aliphatic heterocycles. The molecule has 5 heteroatoms. The second kappa shape index (κ2) is 8.91. The molecule has 0 saturated carbocycles. The first kappa shape index (κ1) is 17.9. The number of aliphatic carboxylic acids is 1. The Hall–Kier alpha value is -1.10. The quantitative estimate of drug-likeness (QED) is 0.639. The molecule has 5 nitrogen and oxygen atoms in total. The lowest BCUT2D eigenvalue weighted by molar-refractivity contribution is -0.137. The van der Waals surface area contributed by atoms with Gasteiger partial charge in [0.15, 0.2) is 0 Å². The Labute approximate surface area is 115 Å². The van der Waals surface area contributed by atoms with Crippen molar-refractivity contribution in [1.29, 1.82) is 0 Å². The monoisotopic (exact) mass is 273 g/mol. The minimum absolute atomic E-state index is 0.0265. The smallest absolute Gasteiger partial charge is 0.303 e. The summed E-state index contributed by atoms with van der Waals surface area (Å²) < 4.78 is 4.98. The van der Waals surface area contributed by atoms with Gasteiger partial charge < -0.3 is 15.2 Å². The molecular formula is C14H27NO4. The number of carbonyl (C=O) groups excluding carboxylic acids is 1. The van der Waals surface area contributed by atoms with Crippen molar-refractivity contribution < 1.29 is 19.4 Å². The predicted octanol–water partition coefficient (Wildman–Crippen LogP) is 2.06. The summed E-state index contributed by atoms with van der Waals surface area (Å²) in [5, 5.41) is 11.5. The van der Waals surface area contributed by atoms with Gasteiger partial charge in [-0.25, -0.2) is 0 Å². The van der Waals surface area contributed by atoms with E-state index in [-0.39, 0.29) is 23.7 Å². The molecule has 0 aromatic heterocycles. The Balaban J connectivity index is 3.82. The van der Waals surface area contributed by atoms with Crippen LogP contribution in [-0.4, -0.2) is 37.2 Å². The van der Waals surface area contributed by atoms with Crippen LogP contribution in [0, 0.1) is 11.3 Å². The van der Waals surface area contributed by atoms with Crippen molar-refractivity contribution in [2.45, 2.75) is 46.5 Å². The molecule has 112 valence electrons. The van der Waals surface area contributed by atoms with Gasteiger partial charge in [-0.2, -0.15) is 0 Å². The number of rotatable bonds is 10. The number of methoxy groups -OCH3 is 1. The van der Waals surface area contributed by atoms with Crippen LogP contribution in [0.5, 0.6) is 0 Å². The lowest BCUT2D eigenvalue weighted by Crippen LogP contribution is -2.30. The van der Waals surface area contributed by atoms with Crippen molar-refractivity contribution in [3.05, 3.63) is 0 Å². The third kappa shape index (κ3) is 10.5. The molecule has 0 aliphatic carbocycles. The fraction of sp³-hybridized carbons (Fsp3) is 0.857. The first-order valence-electron chi connectivity index (χ1n) is 6.74. The third-order valence-electron chi connectivity index (χ3n) is 3.12. The maximum Gasteiger partial charge on any atom is 0.303 e. The lowest BCUT2D eigenvalue weighted by atomic mass is 9.84. The van der Waals surface area contributed by atoms with Crippen molar-refractivity contribution in [2.24, 2.45) is 11.3 Å². The van der Waals surface area contributed by atoms with Crippen molar-refractivity contribution in [1.82, 2.24) is 5.32 Å². The van der Waals surface area contributed by atoms with E-state index >= 15 is 0 Å². The normalized spacial score (nSPS) is 13.1. The number of carboxylic acid groups (broad SMARTS) is 1. The van der Waals surface area contributed by atoms with E-state index in [4.69, 9.17) is 9.84 Å². The highest BCUT2D eigenvalue weighted by Crippen LogP contribution is 2.25. The molecule has 0 aromatic rings. The molecule has 19 heavy (non-hydrogen) atoms. The van der Waals surface area contributed by atoms with Crippen LogP contribution < -0.4 is 5.32 Å². The van der Waals surface area contributed by atoms with Crippen molar-refractivity contribution in [3.63, 3.8) is 0 Å². The molecular weight excluding hydrogens is 246 g/mol. The average molecular weight is 273 g/mol. The van der Waals surface area contributed by atoms with Crippen LogP contribution in [0.2, 0.25) is 0 Å².